The summed E-state index contributed by atoms with van der Waals surface area (Å²) in [7, 11) is -4.09. The molecule has 0 saturated carbocycles. The van der Waals surface area contributed by atoms with Gasteiger partial charge < -0.3 is 10.1 Å². The van der Waals surface area contributed by atoms with E-state index in [1.54, 1.807) is 18.2 Å². The minimum absolute atomic E-state index is 0.0119. The zero-order valence-corrected chi connectivity index (χ0v) is 21.2. The molecule has 12 heteroatoms. The van der Waals surface area contributed by atoms with E-state index >= 15 is 0 Å². The van der Waals surface area contributed by atoms with Gasteiger partial charge in [-0.05, 0) is 55.5 Å². The number of benzene rings is 3. The summed E-state index contributed by atoms with van der Waals surface area (Å²) in [4.78, 5) is 24.7. The van der Waals surface area contributed by atoms with Crippen molar-refractivity contribution in [2.45, 2.75) is 17.9 Å². The first-order valence-electron chi connectivity index (χ1n) is 9.52. The van der Waals surface area contributed by atoms with Crippen LogP contribution in [0.3, 0.4) is 0 Å². The Morgan fingerprint density at radius 3 is 2.35 bits per heavy atom. The van der Waals surface area contributed by atoms with Gasteiger partial charge in [-0.2, -0.15) is 0 Å². The molecule has 0 spiro atoms. The molecule has 0 fully saturated rings. The van der Waals surface area contributed by atoms with E-state index in [4.69, 9.17) is 51.1 Å². The topological polar surface area (TPSA) is 102 Å². The number of amides is 1. The summed E-state index contributed by atoms with van der Waals surface area (Å²) in [6, 6.07) is 14.3. The largest absolute Gasteiger partial charge is 0.449 e. The summed E-state index contributed by atoms with van der Waals surface area (Å²) < 4.78 is 32.9. The average molecular weight is 562 g/mol. The van der Waals surface area contributed by atoms with Crippen LogP contribution >= 0.6 is 46.4 Å². The molecule has 0 radical (unpaired) electrons. The molecule has 0 saturated heterocycles. The molecule has 0 bridgehead atoms. The Labute approximate surface area is 216 Å². The predicted octanol–water partition coefficient (Wildman–Crippen LogP) is 6.29. The van der Waals surface area contributed by atoms with E-state index in [0.717, 1.165) is 0 Å². The van der Waals surface area contributed by atoms with Crippen LogP contribution in [0.4, 0.5) is 11.4 Å². The SMILES string of the molecule is C[C@H](OC(=O)c1cccc(NS(=O)(=O)c2cc(Cl)ccc2Cl)c1)C(=O)Nc1cccc(Cl)c1Cl. The summed E-state index contributed by atoms with van der Waals surface area (Å²) in [6.07, 6.45) is -1.19. The number of carbonyl (C=O) groups excluding carboxylic acids is 2. The summed E-state index contributed by atoms with van der Waals surface area (Å²) in [5.74, 6) is -1.48. The first-order valence-corrected chi connectivity index (χ1v) is 12.5. The predicted molar refractivity (Wildman–Crippen MR) is 134 cm³/mol. The number of rotatable bonds is 7. The smallest absolute Gasteiger partial charge is 0.338 e. The van der Waals surface area contributed by atoms with Gasteiger partial charge in [0.05, 0.1) is 26.3 Å². The van der Waals surface area contributed by atoms with E-state index in [-0.39, 0.29) is 41.9 Å². The van der Waals surface area contributed by atoms with Gasteiger partial charge in [-0.3, -0.25) is 9.52 Å². The van der Waals surface area contributed by atoms with E-state index in [0.29, 0.717) is 0 Å². The molecule has 2 N–H and O–H groups in total. The van der Waals surface area contributed by atoms with Crippen molar-refractivity contribution in [3.63, 3.8) is 0 Å². The Bertz CT molecular complexity index is 1370. The molecule has 3 rings (SSSR count). The molecule has 0 aliphatic carbocycles. The number of sulfonamides is 1. The van der Waals surface area contributed by atoms with Crippen LogP contribution in [0.25, 0.3) is 0 Å². The van der Waals surface area contributed by atoms with Gasteiger partial charge in [0.2, 0.25) is 0 Å². The van der Waals surface area contributed by atoms with Gasteiger partial charge in [0.25, 0.3) is 15.9 Å². The molecule has 178 valence electrons. The van der Waals surface area contributed by atoms with Gasteiger partial charge >= 0.3 is 5.97 Å². The van der Waals surface area contributed by atoms with Gasteiger partial charge in [-0.25, -0.2) is 13.2 Å². The summed E-state index contributed by atoms with van der Waals surface area (Å²) in [5, 5.41) is 3.10. The van der Waals surface area contributed by atoms with Crippen molar-refractivity contribution in [3.05, 3.63) is 86.3 Å². The molecule has 0 unspecified atom stereocenters. The van der Waals surface area contributed by atoms with Gasteiger partial charge in [0, 0.05) is 10.7 Å². The van der Waals surface area contributed by atoms with E-state index in [2.05, 4.69) is 10.0 Å². The highest BCUT2D eigenvalue weighted by atomic mass is 35.5. The number of carbonyl (C=O) groups is 2. The molecular formula is C22H16Cl4N2O5S. The van der Waals surface area contributed by atoms with Crippen molar-refractivity contribution in [3.8, 4) is 0 Å². The highest BCUT2D eigenvalue weighted by molar-refractivity contribution is 7.92. The lowest BCUT2D eigenvalue weighted by atomic mass is 10.2. The molecule has 0 aromatic heterocycles. The second-order valence-corrected chi connectivity index (χ2v) is 10.2. The second-order valence-electron chi connectivity index (χ2n) is 6.90. The van der Waals surface area contributed by atoms with Crippen LogP contribution < -0.4 is 10.0 Å². The second kappa shape index (κ2) is 10.8. The first-order chi connectivity index (χ1) is 16.0. The summed E-state index contributed by atoms with van der Waals surface area (Å²) in [5.41, 5.74) is 0.351. The maximum Gasteiger partial charge on any atom is 0.338 e. The van der Waals surface area contributed by atoms with Gasteiger partial charge in [-0.1, -0.05) is 58.5 Å². The maximum atomic E-state index is 12.7. The Morgan fingerprint density at radius 2 is 1.62 bits per heavy atom. The quantitative estimate of drug-likeness (QED) is 0.330. The molecule has 1 atom stereocenters. The van der Waals surface area contributed by atoms with E-state index in [1.807, 2.05) is 0 Å². The zero-order chi connectivity index (χ0) is 25.0. The minimum atomic E-state index is -4.09. The van der Waals surface area contributed by atoms with Gasteiger partial charge in [0.15, 0.2) is 6.10 Å². The van der Waals surface area contributed by atoms with Gasteiger partial charge in [0.1, 0.15) is 4.90 Å². The lowest BCUT2D eigenvalue weighted by Gasteiger charge is -2.15. The molecule has 3 aromatic rings. The third-order valence-corrected chi connectivity index (χ3v) is 7.31. The molecule has 0 aliphatic heterocycles. The third kappa shape index (κ3) is 6.34. The van der Waals surface area contributed by atoms with Crippen LogP contribution in [-0.4, -0.2) is 26.4 Å². The third-order valence-electron chi connectivity index (χ3n) is 4.40. The van der Waals surface area contributed by atoms with Crippen LogP contribution in [-0.2, 0) is 19.6 Å². The van der Waals surface area contributed by atoms with Gasteiger partial charge in [-0.15, -0.1) is 0 Å². The first kappa shape index (κ1) is 26.1. The van der Waals surface area contributed by atoms with Crippen molar-refractivity contribution >= 4 is 79.7 Å². The zero-order valence-electron chi connectivity index (χ0n) is 17.3. The Morgan fingerprint density at radius 1 is 0.912 bits per heavy atom. The fourth-order valence-corrected chi connectivity index (χ4v) is 4.88. The number of ether oxygens (including phenoxy) is 1. The fraction of sp³-hybridized carbons (Fsp3) is 0.0909. The molecule has 7 nitrogen and oxygen atoms in total. The van der Waals surface area contributed by atoms with Crippen molar-refractivity contribution in [2.24, 2.45) is 0 Å². The van der Waals surface area contributed by atoms with E-state index in [9.17, 15) is 18.0 Å². The number of nitrogens with one attached hydrogen (secondary N) is 2. The number of halogens is 4. The number of hydrogen-bond donors (Lipinski definition) is 2. The van der Waals surface area contributed by atoms with Crippen molar-refractivity contribution in [1.29, 1.82) is 0 Å². The van der Waals surface area contributed by atoms with Crippen LogP contribution in [0.15, 0.2) is 65.6 Å². The van der Waals surface area contributed by atoms with Crippen LogP contribution in [0.5, 0.6) is 0 Å². The number of esters is 1. The van der Waals surface area contributed by atoms with E-state index in [1.165, 1.54) is 49.4 Å². The van der Waals surface area contributed by atoms with Crippen molar-refractivity contribution in [2.75, 3.05) is 10.0 Å². The lowest BCUT2D eigenvalue weighted by Crippen LogP contribution is -2.30. The maximum absolute atomic E-state index is 12.7. The molecular weight excluding hydrogens is 546 g/mol. The minimum Gasteiger partial charge on any atom is -0.449 e. The standard InChI is InChI=1S/C22H16Cl4N2O5S/c1-12(21(29)27-18-7-3-6-17(25)20(18)26)33-22(30)13-4-2-5-15(10-13)28-34(31,32)19-11-14(23)8-9-16(19)24/h2-12,28H,1H3,(H,27,29)/t12-/m0/s1. The normalized spacial score (nSPS) is 12.0. The molecule has 0 heterocycles. The monoisotopic (exact) mass is 560 g/mol. The lowest BCUT2D eigenvalue weighted by molar-refractivity contribution is -0.123. The Kier molecular flexibility index (Phi) is 8.33. The highest BCUT2D eigenvalue weighted by Gasteiger charge is 2.22. The van der Waals surface area contributed by atoms with Crippen molar-refractivity contribution in [1.82, 2.24) is 0 Å². The molecule has 34 heavy (non-hydrogen) atoms. The van der Waals surface area contributed by atoms with Crippen LogP contribution in [0, 0.1) is 0 Å². The summed E-state index contributed by atoms with van der Waals surface area (Å²) >= 11 is 23.8. The number of anilines is 2. The van der Waals surface area contributed by atoms with Crippen molar-refractivity contribution < 1.29 is 22.7 Å². The van der Waals surface area contributed by atoms with Crippen LogP contribution in [0.2, 0.25) is 20.1 Å². The molecule has 1 amide bonds. The van der Waals surface area contributed by atoms with Crippen LogP contribution in [0.1, 0.15) is 17.3 Å². The highest BCUT2D eigenvalue weighted by Crippen LogP contribution is 2.30. The Hall–Kier alpha value is -2.49. The average Bonchev–Trinajstić information content (AvgIpc) is 2.78. The van der Waals surface area contributed by atoms with E-state index < -0.39 is 28.0 Å². The molecule has 0 aliphatic rings. The fourth-order valence-electron chi connectivity index (χ4n) is 2.72. The molecule has 3 aromatic carbocycles. The Balaban J connectivity index is 1.71. The number of hydrogen-bond acceptors (Lipinski definition) is 5. The summed E-state index contributed by atoms with van der Waals surface area (Å²) in [6.45, 7) is 1.37.